The minimum Gasteiger partial charge on any atom is -0.490 e. The zero-order chi connectivity index (χ0) is 25.4. The van der Waals surface area contributed by atoms with Gasteiger partial charge in [-0.3, -0.25) is 14.4 Å². The van der Waals surface area contributed by atoms with E-state index in [0.717, 1.165) is 11.4 Å². The quantitative estimate of drug-likeness (QED) is 0.298. The molecule has 2 heterocycles. The minimum absolute atomic E-state index is 0.289. The van der Waals surface area contributed by atoms with Gasteiger partial charge < -0.3 is 24.1 Å². The number of nitrogens with zero attached hydrogens (tertiary/aromatic N) is 1. The van der Waals surface area contributed by atoms with E-state index >= 15 is 0 Å². The molecule has 0 fully saturated rings. The van der Waals surface area contributed by atoms with Crippen molar-refractivity contribution in [3.05, 3.63) is 69.2 Å². The lowest BCUT2D eigenvalue weighted by Gasteiger charge is -2.12. The molecule has 8 nitrogen and oxygen atoms in total. The number of hydrogen-bond acceptors (Lipinski definition) is 7. The number of ether oxygens (including phenoxy) is 3. The maximum atomic E-state index is 12.7. The maximum Gasteiger partial charge on any atom is 0.325 e. The number of aryl methyl sites for hydroxylation is 1. The number of benzene rings is 1. The molecule has 35 heavy (non-hydrogen) atoms. The van der Waals surface area contributed by atoms with Crippen LogP contribution in [-0.4, -0.2) is 48.6 Å². The lowest BCUT2D eigenvalue weighted by atomic mass is 10.1. The molecular formula is C26H30N2O6S. The second-order valence-electron chi connectivity index (χ2n) is 7.74. The SMILES string of the molecule is CCOc1ccc(C(=O)NCC(=O)OCC(=O)c2cc(C)n(Cc3cccs3)c2C)cc1OCC. The van der Waals surface area contributed by atoms with Crippen molar-refractivity contribution in [2.45, 2.75) is 34.2 Å². The molecule has 0 atom stereocenters. The Bertz CT molecular complexity index is 1180. The van der Waals surface area contributed by atoms with Gasteiger partial charge in [0.2, 0.25) is 5.78 Å². The van der Waals surface area contributed by atoms with Crippen molar-refractivity contribution in [3.63, 3.8) is 0 Å². The Hall–Kier alpha value is -3.59. The molecule has 0 aliphatic rings. The highest BCUT2D eigenvalue weighted by molar-refractivity contribution is 7.09. The van der Waals surface area contributed by atoms with Gasteiger partial charge in [0.15, 0.2) is 18.1 Å². The van der Waals surface area contributed by atoms with Crippen LogP contribution in [-0.2, 0) is 16.1 Å². The summed E-state index contributed by atoms with van der Waals surface area (Å²) >= 11 is 1.66. The molecular weight excluding hydrogens is 468 g/mol. The van der Waals surface area contributed by atoms with Crippen molar-refractivity contribution in [1.29, 1.82) is 0 Å². The minimum atomic E-state index is -0.699. The third-order valence-corrected chi connectivity index (χ3v) is 6.19. The Labute approximate surface area is 208 Å². The molecule has 0 saturated carbocycles. The highest BCUT2D eigenvalue weighted by Gasteiger charge is 2.18. The van der Waals surface area contributed by atoms with Gasteiger partial charge in [0.25, 0.3) is 5.91 Å². The van der Waals surface area contributed by atoms with Crippen LogP contribution in [0.5, 0.6) is 11.5 Å². The molecule has 0 unspecified atom stereocenters. The monoisotopic (exact) mass is 498 g/mol. The van der Waals surface area contributed by atoms with Crippen LogP contribution in [0.25, 0.3) is 0 Å². The first kappa shape index (κ1) is 26.0. The zero-order valence-electron chi connectivity index (χ0n) is 20.4. The van der Waals surface area contributed by atoms with Crippen LogP contribution >= 0.6 is 11.3 Å². The smallest absolute Gasteiger partial charge is 0.325 e. The van der Waals surface area contributed by atoms with Gasteiger partial charge in [-0.15, -0.1) is 11.3 Å². The van der Waals surface area contributed by atoms with Crippen molar-refractivity contribution >= 4 is 29.0 Å². The molecule has 0 radical (unpaired) electrons. The van der Waals surface area contributed by atoms with E-state index in [1.165, 1.54) is 4.88 Å². The molecule has 1 amide bonds. The van der Waals surface area contributed by atoms with Gasteiger partial charge in [-0.25, -0.2) is 0 Å². The van der Waals surface area contributed by atoms with Crippen LogP contribution in [0.1, 0.15) is 50.8 Å². The molecule has 1 aromatic carbocycles. The lowest BCUT2D eigenvalue weighted by molar-refractivity contribution is -0.141. The van der Waals surface area contributed by atoms with E-state index in [1.807, 2.05) is 51.3 Å². The van der Waals surface area contributed by atoms with Crippen molar-refractivity contribution < 1.29 is 28.6 Å². The lowest BCUT2D eigenvalue weighted by Crippen LogP contribution is -2.31. The number of nitrogens with one attached hydrogen (secondary N) is 1. The molecule has 0 bridgehead atoms. The molecule has 3 aromatic rings. The van der Waals surface area contributed by atoms with Gasteiger partial charge in [-0.05, 0) is 63.4 Å². The topological polar surface area (TPSA) is 95.9 Å². The van der Waals surface area contributed by atoms with Gasteiger partial charge in [0.05, 0.1) is 19.8 Å². The molecule has 0 spiro atoms. The fourth-order valence-corrected chi connectivity index (χ4v) is 4.30. The number of rotatable bonds is 12. The molecule has 0 saturated heterocycles. The van der Waals surface area contributed by atoms with E-state index in [4.69, 9.17) is 14.2 Å². The summed E-state index contributed by atoms with van der Waals surface area (Å²) in [5, 5.41) is 4.52. The molecule has 1 N–H and O–H groups in total. The van der Waals surface area contributed by atoms with Gasteiger partial charge >= 0.3 is 5.97 Å². The summed E-state index contributed by atoms with van der Waals surface area (Å²) in [4.78, 5) is 38.5. The first-order chi connectivity index (χ1) is 16.8. The maximum absolute atomic E-state index is 12.7. The largest absolute Gasteiger partial charge is 0.490 e. The van der Waals surface area contributed by atoms with Crippen LogP contribution in [0.2, 0.25) is 0 Å². The Morgan fingerprint density at radius 1 is 1.00 bits per heavy atom. The van der Waals surface area contributed by atoms with Gasteiger partial charge in [0.1, 0.15) is 6.54 Å². The Morgan fingerprint density at radius 2 is 1.74 bits per heavy atom. The average molecular weight is 499 g/mol. The fraction of sp³-hybridized carbons (Fsp3) is 0.346. The van der Waals surface area contributed by atoms with E-state index < -0.39 is 18.5 Å². The third kappa shape index (κ3) is 6.73. The summed E-state index contributed by atoms with van der Waals surface area (Å²) in [5.74, 6) is -0.460. The van der Waals surface area contributed by atoms with Crippen molar-refractivity contribution in [3.8, 4) is 11.5 Å². The number of carbonyl (C=O) groups excluding carboxylic acids is 3. The predicted molar refractivity (Wildman–Crippen MR) is 134 cm³/mol. The van der Waals surface area contributed by atoms with Gasteiger partial charge in [-0.1, -0.05) is 6.07 Å². The van der Waals surface area contributed by atoms with Crippen LogP contribution in [0.4, 0.5) is 0 Å². The van der Waals surface area contributed by atoms with Crippen LogP contribution in [0.3, 0.4) is 0 Å². The summed E-state index contributed by atoms with van der Waals surface area (Å²) in [6, 6.07) is 10.6. The Kier molecular flexibility index (Phi) is 9.08. The first-order valence-electron chi connectivity index (χ1n) is 11.4. The predicted octanol–water partition coefficient (Wildman–Crippen LogP) is 4.17. The van der Waals surface area contributed by atoms with Gasteiger partial charge in [0, 0.05) is 27.4 Å². The molecule has 0 aliphatic heterocycles. The molecule has 9 heteroatoms. The summed E-state index contributed by atoms with van der Waals surface area (Å²) in [5.41, 5.74) is 2.62. The fourth-order valence-electron chi connectivity index (χ4n) is 3.61. The Morgan fingerprint density at radius 3 is 2.43 bits per heavy atom. The van der Waals surface area contributed by atoms with Crippen LogP contribution in [0, 0.1) is 13.8 Å². The van der Waals surface area contributed by atoms with E-state index in [2.05, 4.69) is 9.88 Å². The second-order valence-corrected chi connectivity index (χ2v) is 8.78. The summed E-state index contributed by atoms with van der Waals surface area (Å²) < 4.78 is 18.2. The van der Waals surface area contributed by atoms with E-state index in [9.17, 15) is 14.4 Å². The third-order valence-electron chi connectivity index (χ3n) is 5.33. The molecule has 0 aliphatic carbocycles. The number of amides is 1. The number of Topliss-reactive ketones (excluding diaryl/α,β-unsaturated/α-hetero) is 1. The van der Waals surface area contributed by atoms with E-state index in [-0.39, 0.29) is 12.3 Å². The summed E-state index contributed by atoms with van der Waals surface area (Å²) in [7, 11) is 0. The van der Waals surface area contributed by atoms with Crippen molar-refractivity contribution in [1.82, 2.24) is 9.88 Å². The first-order valence-corrected chi connectivity index (χ1v) is 12.3. The molecule has 2 aromatic heterocycles. The number of thiophene rings is 1. The van der Waals surface area contributed by atoms with Gasteiger partial charge in [-0.2, -0.15) is 0 Å². The number of carbonyl (C=O) groups is 3. The highest BCUT2D eigenvalue weighted by Crippen LogP contribution is 2.28. The number of esters is 1. The molecule has 3 rings (SSSR count). The summed E-state index contributed by atoms with van der Waals surface area (Å²) in [6.07, 6.45) is 0. The average Bonchev–Trinajstić information content (AvgIpc) is 3.46. The Balaban J connectivity index is 1.53. The number of hydrogen-bond donors (Lipinski definition) is 1. The molecule has 186 valence electrons. The van der Waals surface area contributed by atoms with E-state index in [0.29, 0.717) is 42.4 Å². The van der Waals surface area contributed by atoms with Crippen LogP contribution in [0.15, 0.2) is 41.8 Å². The number of ketones is 1. The van der Waals surface area contributed by atoms with Crippen molar-refractivity contribution in [2.75, 3.05) is 26.4 Å². The highest BCUT2D eigenvalue weighted by atomic mass is 32.1. The standard InChI is InChI=1S/C26H30N2O6S/c1-5-32-23-10-9-19(13-24(23)33-6-2)26(31)27-14-25(30)34-16-22(29)21-12-17(3)28(18(21)4)15-20-8-7-11-35-20/h7-13H,5-6,14-16H2,1-4H3,(H,27,31). The second kappa shape index (κ2) is 12.2. The van der Waals surface area contributed by atoms with Crippen LogP contribution < -0.4 is 14.8 Å². The van der Waals surface area contributed by atoms with Crippen molar-refractivity contribution in [2.24, 2.45) is 0 Å². The normalized spacial score (nSPS) is 10.6. The number of aromatic nitrogens is 1. The zero-order valence-corrected chi connectivity index (χ0v) is 21.2. The summed E-state index contributed by atoms with van der Waals surface area (Å²) in [6.45, 7) is 8.33. The van der Waals surface area contributed by atoms with E-state index in [1.54, 1.807) is 29.5 Å².